The summed E-state index contributed by atoms with van der Waals surface area (Å²) in [5.41, 5.74) is 1.82. The van der Waals surface area contributed by atoms with Gasteiger partial charge < -0.3 is 5.32 Å². The second kappa shape index (κ2) is 3.73. The zero-order valence-electron chi connectivity index (χ0n) is 8.01. The smallest absolute Gasteiger partial charge is 0.252 e. The summed E-state index contributed by atoms with van der Waals surface area (Å²) in [5.74, 6) is 0.0306. The van der Waals surface area contributed by atoms with Crippen LogP contribution in [0.2, 0.25) is 0 Å². The van der Waals surface area contributed by atoms with E-state index >= 15 is 0 Å². The number of carbonyl (C=O) groups excluding carboxylic acids is 1. The third-order valence-corrected chi connectivity index (χ3v) is 3.40. The van der Waals surface area contributed by atoms with Gasteiger partial charge in [0.05, 0.1) is 5.56 Å². The van der Waals surface area contributed by atoms with Crippen LogP contribution in [0.4, 0.5) is 0 Å². The molecule has 2 nitrogen and oxygen atoms in total. The molecular weight excluding hydrogens is 242 g/mol. The third kappa shape index (κ3) is 1.98. The van der Waals surface area contributed by atoms with Gasteiger partial charge in [0.15, 0.2) is 0 Å². The highest BCUT2D eigenvalue weighted by atomic mass is 79.9. The summed E-state index contributed by atoms with van der Waals surface area (Å²) in [7, 11) is 0. The normalized spacial score (nSPS) is 15.3. The van der Waals surface area contributed by atoms with Gasteiger partial charge in [0.2, 0.25) is 0 Å². The molecule has 0 bridgehead atoms. The lowest BCUT2D eigenvalue weighted by Gasteiger charge is -2.06. The van der Waals surface area contributed by atoms with Gasteiger partial charge in [-0.15, -0.1) is 0 Å². The average Bonchev–Trinajstić information content (AvgIpc) is 2.93. The van der Waals surface area contributed by atoms with E-state index in [1.807, 2.05) is 25.1 Å². The van der Waals surface area contributed by atoms with E-state index in [0.717, 1.165) is 28.4 Å². The number of aryl methyl sites for hydroxylation is 1. The maximum absolute atomic E-state index is 11.7. The molecule has 1 fully saturated rings. The lowest BCUT2D eigenvalue weighted by Crippen LogP contribution is -2.25. The molecule has 0 saturated heterocycles. The Morgan fingerprint density at radius 2 is 2.21 bits per heavy atom. The number of hydrogen-bond acceptors (Lipinski definition) is 1. The highest BCUT2D eigenvalue weighted by molar-refractivity contribution is 9.10. The van der Waals surface area contributed by atoms with Crippen LogP contribution in [0.15, 0.2) is 22.7 Å². The molecule has 1 aromatic carbocycles. The molecule has 14 heavy (non-hydrogen) atoms. The number of amides is 1. The molecule has 0 aromatic heterocycles. The van der Waals surface area contributed by atoms with E-state index in [4.69, 9.17) is 0 Å². The Labute approximate surface area is 91.8 Å². The minimum atomic E-state index is 0.0306. The minimum absolute atomic E-state index is 0.0306. The lowest BCUT2D eigenvalue weighted by molar-refractivity contribution is 0.0950. The fraction of sp³-hybridized carbons (Fsp3) is 0.364. The first-order valence-electron chi connectivity index (χ1n) is 4.74. The Balaban J connectivity index is 2.21. The van der Waals surface area contributed by atoms with Crippen molar-refractivity contribution in [2.45, 2.75) is 25.8 Å². The number of benzene rings is 1. The number of carbonyl (C=O) groups is 1. The van der Waals surface area contributed by atoms with Crippen LogP contribution >= 0.6 is 15.9 Å². The van der Waals surface area contributed by atoms with Crippen molar-refractivity contribution in [1.29, 1.82) is 0 Å². The van der Waals surface area contributed by atoms with Crippen LogP contribution in [0.5, 0.6) is 0 Å². The van der Waals surface area contributed by atoms with Crippen LogP contribution in [-0.4, -0.2) is 11.9 Å². The largest absolute Gasteiger partial charge is 0.349 e. The Hall–Kier alpha value is -0.830. The van der Waals surface area contributed by atoms with Crippen LogP contribution in [0, 0.1) is 6.92 Å². The topological polar surface area (TPSA) is 29.1 Å². The quantitative estimate of drug-likeness (QED) is 0.863. The molecule has 0 spiro atoms. The fourth-order valence-corrected chi connectivity index (χ4v) is 1.76. The number of rotatable bonds is 2. The molecule has 0 heterocycles. The molecule has 1 N–H and O–H groups in total. The van der Waals surface area contributed by atoms with Crippen LogP contribution in [0.1, 0.15) is 28.8 Å². The standard InChI is InChI=1S/C11H12BrNO/c1-7-3-2-4-9(10(7)12)11(14)13-8-5-6-8/h2-4,8H,5-6H2,1H3,(H,13,14). The Bertz CT molecular complexity index is 372. The highest BCUT2D eigenvalue weighted by Crippen LogP contribution is 2.23. The zero-order chi connectivity index (χ0) is 10.1. The van der Waals surface area contributed by atoms with Crippen molar-refractivity contribution in [3.8, 4) is 0 Å². The number of halogens is 1. The molecule has 1 aliphatic carbocycles. The van der Waals surface area contributed by atoms with Gasteiger partial charge in [0.25, 0.3) is 5.91 Å². The molecule has 74 valence electrons. The maximum atomic E-state index is 11.7. The summed E-state index contributed by atoms with van der Waals surface area (Å²) in [5, 5.41) is 2.97. The van der Waals surface area contributed by atoms with Gasteiger partial charge in [0.1, 0.15) is 0 Å². The van der Waals surface area contributed by atoms with Crippen molar-refractivity contribution in [1.82, 2.24) is 5.32 Å². The van der Waals surface area contributed by atoms with E-state index in [1.54, 1.807) is 0 Å². The molecule has 0 atom stereocenters. The SMILES string of the molecule is Cc1cccc(C(=O)NC2CC2)c1Br. The van der Waals surface area contributed by atoms with E-state index in [-0.39, 0.29) is 5.91 Å². The molecule has 0 unspecified atom stereocenters. The highest BCUT2D eigenvalue weighted by Gasteiger charge is 2.24. The van der Waals surface area contributed by atoms with Crippen LogP contribution < -0.4 is 5.32 Å². The van der Waals surface area contributed by atoms with Crippen molar-refractivity contribution in [3.05, 3.63) is 33.8 Å². The van der Waals surface area contributed by atoms with Gasteiger partial charge in [0, 0.05) is 10.5 Å². The molecule has 1 amide bonds. The van der Waals surface area contributed by atoms with Gasteiger partial charge in [-0.25, -0.2) is 0 Å². The van der Waals surface area contributed by atoms with Gasteiger partial charge >= 0.3 is 0 Å². The molecule has 1 aromatic rings. The molecule has 0 radical (unpaired) electrons. The summed E-state index contributed by atoms with van der Waals surface area (Å²) in [6.07, 6.45) is 2.24. The molecule has 1 aliphatic rings. The summed E-state index contributed by atoms with van der Waals surface area (Å²) in [6.45, 7) is 1.98. The number of hydrogen-bond donors (Lipinski definition) is 1. The molecule has 1 saturated carbocycles. The van der Waals surface area contributed by atoms with Crippen molar-refractivity contribution in [3.63, 3.8) is 0 Å². The summed E-state index contributed by atoms with van der Waals surface area (Å²) < 4.78 is 0.901. The maximum Gasteiger partial charge on any atom is 0.252 e. The average molecular weight is 254 g/mol. The van der Waals surface area contributed by atoms with E-state index in [2.05, 4.69) is 21.2 Å². The second-order valence-electron chi connectivity index (χ2n) is 3.68. The van der Waals surface area contributed by atoms with Crippen LogP contribution in [0.3, 0.4) is 0 Å². The van der Waals surface area contributed by atoms with Crippen molar-refractivity contribution < 1.29 is 4.79 Å². The van der Waals surface area contributed by atoms with E-state index in [0.29, 0.717) is 6.04 Å². The third-order valence-electron chi connectivity index (χ3n) is 2.35. The Morgan fingerprint density at radius 3 is 2.86 bits per heavy atom. The first-order chi connectivity index (χ1) is 6.68. The van der Waals surface area contributed by atoms with Crippen molar-refractivity contribution in [2.24, 2.45) is 0 Å². The van der Waals surface area contributed by atoms with E-state index in [1.165, 1.54) is 0 Å². The first-order valence-corrected chi connectivity index (χ1v) is 5.54. The molecule has 2 rings (SSSR count). The predicted molar refractivity (Wildman–Crippen MR) is 59.4 cm³/mol. The van der Waals surface area contributed by atoms with Crippen molar-refractivity contribution in [2.75, 3.05) is 0 Å². The first kappa shape index (κ1) is 9.71. The monoisotopic (exact) mass is 253 g/mol. The van der Waals surface area contributed by atoms with E-state index in [9.17, 15) is 4.79 Å². The summed E-state index contributed by atoms with van der Waals surface area (Å²) >= 11 is 3.43. The lowest BCUT2D eigenvalue weighted by atomic mass is 10.1. The minimum Gasteiger partial charge on any atom is -0.349 e. The predicted octanol–water partition coefficient (Wildman–Crippen LogP) is 2.65. The summed E-state index contributed by atoms with van der Waals surface area (Å²) in [4.78, 5) is 11.7. The van der Waals surface area contributed by atoms with E-state index < -0.39 is 0 Å². The zero-order valence-corrected chi connectivity index (χ0v) is 9.60. The number of nitrogens with one attached hydrogen (secondary N) is 1. The Kier molecular flexibility index (Phi) is 2.59. The van der Waals surface area contributed by atoms with Crippen LogP contribution in [0.25, 0.3) is 0 Å². The van der Waals surface area contributed by atoms with Crippen molar-refractivity contribution >= 4 is 21.8 Å². The van der Waals surface area contributed by atoms with Gasteiger partial charge in [-0.3, -0.25) is 4.79 Å². The molecular formula is C11H12BrNO. The van der Waals surface area contributed by atoms with Gasteiger partial charge in [-0.2, -0.15) is 0 Å². The molecule has 3 heteroatoms. The summed E-state index contributed by atoms with van der Waals surface area (Å²) in [6, 6.07) is 6.14. The van der Waals surface area contributed by atoms with Gasteiger partial charge in [-0.05, 0) is 47.3 Å². The Morgan fingerprint density at radius 1 is 1.50 bits per heavy atom. The van der Waals surface area contributed by atoms with Gasteiger partial charge in [-0.1, -0.05) is 12.1 Å². The molecule has 0 aliphatic heterocycles. The second-order valence-corrected chi connectivity index (χ2v) is 4.48. The van der Waals surface area contributed by atoms with Crippen LogP contribution in [-0.2, 0) is 0 Å². The fourth-order valence-electron chi connectivity index (χ4n) is 1.31.